The van der Waals surface area contributed by atoms with E-state index in [0.717, 1.165) is 34.6 Å². The van der Waals surface area contributed by atoms with E-state index < -0.39 is 0 Å². The van der Waals surface area contributed by atoms with Gasteiger partial charge in [0.1, 0.15) is 0 Å². The number of nitrogens with zero attached hydrogens (tertiary/aromatic N) is 3. The third kappa shape index (κ3) is 4.38. The van der Waals surface area contributed by atoms with Crippen molar-refractivity contribution in [3.8, 4) is 11.3 Å². The molecule has 1 aromatic heterocycles. The molecule has 1 heterocycles. The number of thiazole rings is 1. The van der Waals surface area contributed by atoms with Crippen molar-refractivity contribution in [3.63, 3.8) is 0 Å². The number of rotatable bonds is 5. The molecule has 1 saturated carbocycles. The molecule has 4 rings (SSSR count). The largest absolute Gasteiger partial charge is 0.313 e. The van der Waals surface area contributed by atoms with Gasteiger partial charge in [0.05, 0.1) is 16.3 Å². The summed E-state index contributed by atoms with van der Waals surface area (Å²) in [6.45, 7) is 4.39. The topological polar surface area (TPSA) is 60.4 Å². The van der Waals surface area contributed by atoms with Crippen molar-refractivity contribution in [2.24, 2.45) is 4.99 Å². The summed E-state index contributed by atoms with van der Waals surface area (Å²) in [6.07, 6.45) is 6.05. The molecule has 0 radical (unpaired) electrons. The van der Waals surface area contributed by atoms with E-state index in [-0.39, 0.29) is 10.6 Å². The summed E-state index contributed by atoms with van der Waals surface area (Å²) in [4.78, 5) is 16.6. The summed E-state index contributed by atoms with van der Waals surface area (Å²) in [5.41, 5.74) is 4.49. The minimum absolute atomic E-state index is 0.119. The van der Waals surface area contributed by atoms with Gasteiger partial charge in [0.25, 0.3) is 5.69 Å². The first kappa shape index (κ1) is 20.5. The van der Waals surface area contributed by atoms with Crippen molar-refractivity contribution in [1.82, 2.24) is 4.57 Å². The second kappa shape index (κ2) is 8.96. The molecule has 2 aromatic carbocycles. The van der Waals surface area contributed by atoms with E-state index in [1.807, 2.05) is 12.1 Å². The second-order valence-electron chi connectivity index (χ2n) is 8.23. The Bertz CT molecular complexity index is 1070. The van der Waals surface area contributed by atoms with Crippen molar-refractivity contribution in [2.75, 3.05) is 0 Å². The number of nitro groups is 1. The zero-order valence-corrected chi connectivity index (χ0v) is 18.3. The van der Waals surface area contributed by atoms with Crippen LogP contribution in [0.25, 0.3) is 11.3 Å². The van der Waals surface area contributed by atoms with Gasteiger partial charge in [0, 0.05) is 23.6 Å². The predicted molar refractivity (Wildman–Crippen MR) is 122 cm³/mol. The molecule has 0 atom stereocenters. The van der Waals surface area contributed by atoms with E-state index in [4.69, 9.17) is 4.99 Å². The lowest BCUT2D eigenvalue weighted by atomic mass is 9.95. The molecule has 0 aliphatic heterocycles. The zero-order chi connectivity index (χ0) is 21.1. The Balaban J connectivity index is 1.78. The van der Waals surface area contributed by atoms with E-state index in [1.54, 1.807) is 23.5 Å². The number of hydrogen-bond donors (Lipinski definition) is 0. The first-order valence-corrected chi connectivity index (χ1v) is 11.5. The van der Waals surface area contributed by atoms with Crippen molar-refractivity contribution in [1.29, 1.82) is 0 Å². The van der Waals surface area contributed by atoms with Crippen LogP contribution in [0, 0.1) is 10.1 Å². The van der Waals surface area contributed by atoms with Crippen molar-refractivity contribution < 1.29 is 4.92 Å². The molecule has 0 spiro atoms. The molecule has 0 saturated heterocycles. The molecule has 6 heteroatoms. The average Bonchev–Trinajstić information content (AvgIpc) is 3.18. The Labute approximate surface area is 180 Å². The van der Waals surface area contributed by atoms with E-state index in [9.17, 15) is 10.1 Å². The lowest BCUT2D eigenvalue weighted by Crippen LogP contribution is -2.23. The maximum atomic E-state index is 11.0. The minimum Gasteiger partial charge on any atom is -0.313 e. The molecule has 0 amide bonds. The highest BCUT2D eigenvalue weighted by Crippen LogP contribution is 2.33. The zero-order valence-electron chi connectivity index (χ0n) is 17.5. The SMILES string of the molecule is CC(C)c1ccc(N=c2scc(-c3ccc([N+](=O)[O-])cc3)n2C2CCCCC2)cc1. The van der Waals surface area contributed by atoms with Crippen LogP contribution in [0.5, 0.6) is 0 Å². The molecule has 5 nitrogen and oxygen atoms in total. The quantitative estimate of drug-likeness (QED) is 0.329. The summed E-state index contributed by atoms with van der Waals surface area (Å²) in [5.74, 6) is 0.502. The molecule has 1 aliphatic rings. The Kier molecular flexibility index (Phi) is 6.13. The Morgan fingerprint density at radius 2 is 1.70 bits per heavy atom. The molecule has 156 valence electrons. The third-order valence-electron chi connectivity index (χ3n) is 5.84. The molecular formula is C24H27N3O2S. The number of hydrogen-bond acceptors (Lipinski definition) is 4. The lowest BCUT2D eigenvalue weighted by Gasteiger charge is -2.25. The highest BCUT2D eigenvalue weighted by molar-refractivity contribution is 7.07. The first-order chi connectivity index (χ1) is 14.5. The number of aromatic nitrogens is 1. The van der Waals surface area contributed by atoms with Crippen LogP contribution in [0.15, 0.2) is 58.9 Å². The molecule has 0 N–H and O–H groups in total. The standard InChI is InChI=1S/C24H27N3O2S/c1-17(2)18-8-12-20(13-9-18)25-24-26(21-6-4-3-5-7-21)23(16-30-24)19-10-14-22(15-11-19)27(28)29/h8-17,21H,3-7H2,1-2H3. The molecule has 0 unspecified atom stereocenters. The maximum Gasteiger partial charge on any atom is 0.269 e. The molecular weight excluding hydrogens is 394 g/mol. The van der Waals surface area contributed by atoms with Gasteiger partial charge in [-0.2, -0.15) is 0 Å². The Hall–Kier alpha value is -2.73. The van der Waals surface area contributed by atoms with Crippen LogP contribution in [0.2, 0.25) is 0 Å². The summed E-state index contributed by atoms with van der Waals surface area (Å²) in [7, 11) is 0. The van der Waals surface area contributed by atoms with E-state index in [1.165, 1.54) is 24.8 Å². The summed E-state index contributed by atoms with van der Waals surface area (Å²) >= 11 is 1.64. The third-order valence-corrected chi connectivity index (χ3v) is 6.68. The van der Waals surface area contributed by atoms with Gasteiger partial charge >= 0.3 is 0 Å². The van der Waals surface area contributed by atoms with Gasteiger partial charge < -0.3 is 4.57 Å². The molecule has 1 fully saturated rings. The van der Waals surface area contributed by atoms with Crippen LogP contribution in [0.3, 0.4) is 0 Å². The smallest absolute Gasteiger partial charge is 0.269 e. The summed E-state index contributed by atoms with van der Waals surface area (Å²) < 4.78 is 2.36. The van der Waals surface area contributed by atoms with Gasteiger partial charge in [0.2, 0.25) is 0 Å². The Morgan fingerprint density at radius 3 is 2.30 bits per heavy atom. The van der Waals surface area contributed by atoms with E-state index >= 15 is 0 Å². The fourth-order valence-electron chi connectivity index (χ4n) is 4.10. The van der Waals surface area contributed by atoms with Crippen molar-refractivity contribution >= 4 is 22.7 Å². The fourth-order valence-corrected chi connectivity index (χ4v) is 5.09. The van der Waals surface area contributed by atoms with Crippen LogP contribution in [0.1, 0.15) is 63.5 Å². The van der Waals surface area contributed by atoms with Crippen LogP contribution in [0.4, 0.5) is 11.4 Å². The van der Waals surface area contributed by atoms with Gasteiger partial charge in [-0.05, 0) is 54.2 Å². The van der Waals surface area contributed by atoms with E-state index in [0.29, 0.717) is 12.0 Å². The Morgan fingerprint density at radius 1 is 1.03 bits per heavy atom. The normalized spacial score (nSPS) is 15.6. The van der Waals surface area contributed by atoms with Crippen molar-refractivity contribution in [2.45, 2.75) is 57.9 Å². The number of non-ortho nitro benzene ring substituents is 1. The summed E-state index contributed by atoms with van der Waals surface area (Å²) in [6, 6.07) is 15.8. The first-order valence-electron chi connectivity index (χ1n) is 10.6. The fraction of sp³-hybridized carbons (Fsp3) is 0.375. The molecule has 30 heavy (non-hydrogen) atoms. The molecule has 1 aliphatic carbocycles. The van der Waals surface area contributed by atoms with Gasteiger partial charge in [-0.25, -0.2) is 4.99 Å². The number of benzene rings is 2. The molecule has 0 bridgehead atoms. The lowest BCUT2D eigenvalue weighted by molar-refractivity contribution is -0.384. The minimum atomic E-state index is -0.353. The van der Waals surface area contributed by atoms with Gasteiger partial charge in [0.15, 0.2) is 4.80 Å². The average molecular weight is 422 g/mol. The van der Waals surface area contributed by atoms with Crippen LogP contribution >= 0.6 is 11.3 Å². The molecule has 3 aromatic rings. The van der Waals surface area contributed by atoms with Gasteiger partial charge in [-0.3, -0.25) is 10.1 Å². The van der Waals surface area contributed by atoms with Crippen LogP contribution < -0.4 is 4.80 Å². The van der Waals surface area contributed by atoms with Crippen LogP contribution in [-0.2, 0) is 0 Å². The maximum absolute atomic E-state index is 11.0. The van der Waals surface area contributed by atoms with E-state index in [2.05, 4.69) is 48.1 Å². The summed E-state index contributed by atoms with van der Waals surface area (Å²) in [5, 5.41) is 13.2. The predicted octanol–water partition coefficient (Wildman–Crippen LogP) is 6.99. The van der Waals surface area contributed by atoms with Gasteiger partial charge in [-0.1, -0.05) is 45.2 Å². The van der Waals surface area contributed by atoms with Crippen LogP contribution in [-0.4, -0.2) is 9.49 Å². The van der Waals surface area contributed by atoms with Crippen molar-refractivity contribution in [3.05, 3.63) is 74.4 Å². The highest BCUT2D eigenvalue weighted by atomic mass is 32.1. The van der Waals surface area contributed by atoms with Gasteiger partial charge in [-0.15, -0.1) is 11.3 Å². The second-order valence-corrected chi connectivity index (χ2v) is 9.06. The highest BCUT2D eigenvalue weighted by Gasteiger charge is 2.20. The number of nitro benzene ring substituents is 1. The monoisotopic (exact) mass is 421 g/mol.